The van der Waals surface area contributed by atoms with Crippen LogP contribution in [0.15, 0.2) is 99.1 Å². The SMILES string of the molecule is O=C(O)c1ccccc1NN=C(N=Nc1ccccc1)c1ccccc1S(=O)(=O)O. The lowest BCUT2D eigenvalue weighted by Gasteiger charge is -2.08. The number of hydrazone groups is 1. The molecule has 0 aromatic heterocycles. The molecule has 0 aliphatic carbocycles. The lowest BCUT2D eigenvalue weighted by Crippen LogP contribution is -2.10. The smallest absolute Gasteiger partial charge is 0.337 e. The molecule has 0 unspecified atom stereocenters. The Morgan fingerprint density at radius 1 is 0.833 bits per heavy atom. The molecule has 3 aromatic rings. The standard InChI is InChI=1S/C20H16N4O5S/c25-20(26)15-10-4-6-12-17(15)22-24-19(23-21-14-8-2-1-3-9-14)16-11-5-7-13-18(16)30(27,28)29/h1-13,22H,(H,25,26)(H,27,28,29). The molecule has 0 saturated heterocycles. The zero-order valence-corrected chi connectivity index (χ0v) is 16.2. The van der Waals surface area contributed by atoms with E-state index in [2.05, 4.69) is 20.8 Å². The zero-order chi connectivity index (χ0) is 21.6. The van der Waals surface area contributed by atoms with Crippen LogP contribution in [-0.4, -0.2) is 29.9 Å². The maximum absolute atomic E-state index is 11.8. The van der Waals surface area contributed by atoms with Gasteiger partial charge in [-0.15, -0.1) is 10.2 Å². The first-order valence-electron chi connectivity index (χ1n) is 8.56. The van der Waals surface area contributed by atoms with Crippen molar-refractivity contribution < 1.29 is 22.9 Å². The highest BCUT2D eigenvalue weighted by Gasteiger charge is 2.19. The maximum atomic E-state index is 11.8. The molecule has 0 bridgehead atoms. The summed E-state index contributed by atoms with van der Waals surface area (Å²) < 4.78 is 33.1. The van der Waals surface area contributed by atoms with Crippen molar-refractivity contribution in [3.05, 3.63) is 90.0 Å². The number of aromatic carboxylic acids is 1. The Kier molecular flexibility index (Phi) is 6.30. The minimum absolute atomic E-state index is 0.0139. The van der Waals surface area contributed by atoms with E-state index in [1.54, 1.807) is 48.5 Å². The summed E-state index contributed by atoms with van der Waals surface area (Å²) in [6, 6.07) is 20.3. The number of para-hydroxylation sites is 1. The molecule has 0 aliphatic heterocycles. The van der Waals surface area contributed by atoms with Gasteiger partial charge < -0.3 is 5.11 Å². The molecule has 0 atom stereocenters. The van der Waals surface area contributed by atoms with Gasteiger partial charge in [0.1, 0.15) is 4.90 Å². The lowest BCUT2D eigenvalue weighted by molar-refractivity contribution is 0.0698. The monoisotopic (exact) mass is 424 g/mol. The van der Waals surface area contributed by atoms with Crippen LogP contribution in [0.1, 0.15) is 15.9 Å². The van der Waals surface area contributed by atoms with E-state index in [-0.39, 0.29) is 22.6 Å². The number of carboxylic acid groups (broad SMARTS) is 1. The van der Waals surface area contributed by atoms with Gasteiger partial charge >= 0.3 is 5.97 Å². The van der Waals surface area contributed by atoms with E-state index < -0.39 is 21.0 Å². The molecule has 3 aromatic carbocycles. The van der Waals surface area contributed by atoms with Crippen LogP contribution in [0.4, 0.5) is 11.4 Å². The van der Waals surface area contributed by atoms with E-state index in [0.29, 0.717) is 5.69 Å². The van der Waals surface area contributed by atoms with E-state index in [9.17, 15) is 22.9 Å². The molecule has 3 rings (SSSR count). The average Bonchev–Trinajstić information content (AvgIpc) is 2.74. The molecule has 3 N–H and O–H groups in total. The van der Waals surface area contributed by atoms with Crippen molar-refractivity contribution in [3.63, 3.8) is 0 Å². The average molecular weight is 424 g/mol. The number of benzene rings is 3. The molecule has 0 heterocycles. The van der Waals surface area contributed by atoms with Gasteiger partial charge in [0.25, 0.3) is 10.1 Å². The van der Waals surface area contributed by atoms with Crippen LogP contribution in [0.25, 0.3) is 0 Å². The summed E-state index contributed by atoms with van der Waals surface area (Å²) in [5.74, 6) is -1.34. The number of anilines is 1. The number of rotatable bonds is 6. The summed E-state index contributed by atoms with van der Waals surface area (Å²) in [5.41, 5.74) is 3.19. The van der Waals surface area contributed by atoms with Crippen molar-refractivity contribution in [2.24, 2.45) is 15.3 Å². The predicted molar refractivity (Wildman–Crippen MR) is 111 cm³/mol. The molecule has 152 valence electrons. The molecular weight excluding hydrogens is 408 g/mol. The first-order chi connectivity index (χ1) is 14.4. The number of nitrogens with zero attached hydrogens (tertiary/aromatic N) is 3. The van der Waals surface area contributed by atoms with Crippen molar-refractivity contribution >= 4 is 33.3 Å². The summed E-state index contributed by atoms with van der Waals surface area (Å²) in [6.07, 6.45) is 0. The van der Waals surface area contributed by atoms with Gasteiger partial charge in [-0.1, -0.05) is 42.5 Å². The lowest BCUT2D eigenvalue weighted by atomic mass is 10.2. The van der Waals surface area contributed by atoms with Crippen molar-refractivity contribution in [1.82, 2.24) is 0 Å². The molecule has 9 nitrogen and oxygen atoms in total. The molecule has 0 spiro atoms. The van der Waals surface area contributed by atoms with Gasteiger partial charge in [0.05, 0.1) is 16.9 Å². The fourth-order valence-electron chi connectivity index (χ4n) is 2.49. The number of nitrogens with one attached hydrogen (secondary N) is 1. The van der Waals surface area contributed by atoms with Gasteiger partial charge in [-0.3, -0.25) is 9.98 Å². The van der Waals surface area contributed by atoms with Gasteiger partial charge in [-0.05, 0) is 36.4 Å². The Hall–Kier alpha value is -3.89. The number of carboxylic acids is 1. The zero-order valence-electron chi connectivity index (χ0n) is 15.4. The van der Waals surface area contributed by atoms with Crippen LogP contribution in [0.5, 0.6) is 0 Å². The summed E-state index contributed by atoms with van der Waals surface area (Å²) in [6.45, 7) is 0. The summed E-state index contributed by atoms with van der Waals surface area (Å²) >= 11 is 0. The molecule has 0 radical (unpaired) electrons. The second-order valence-corrected chi connectivity index (χ2v) is 7.29. The molecule has 0 aliphatic rings. The van der Waals surface area contributed by atoms with E-state index in [4.69, 9.17) is 0 Å². The van der Waals surface area contributed by atoms with E-state index in [1.165, 1.54) is 30.3 Å². The first-order valence-corrected chi connectivity index (χ1v) is 10.00. The fourth-order valence-corrected chi connectivity index (χ4v) is 3.18. The second-order valence-electron chi connectivity index (χ2n) is 5.90. The van der Waals surface area contributed by atoms with E-state index >= 15 is 0 Å². The molecule has 0 saturated carbocycles. The Balaban J connectivity index is 2.09. The van der Waals surface area contributed by atoms with Gasteiger partial charge in [0.15, 0.2) is 0 Å². The topological polar surface area (TPSA) is 141 Å². The third kappa shape index (κ3) is 5.13. The quantitative estimate of drug-likeness (QED) is 0.178. The van der Waals surface area contributed by atoms with E-state index in [1.807, 2.05) is 0 Å². The van der Waals surface area contributed by atoms with Gasteiger partial charge in [0, 0.05) is 5.56 Å². The van der Waals surface area contributed by atoms with Crippen LogP contribution in [0.2, 0.25) is 0 Å². The summed E-state index contributed by atoms with van der Waals surface area (Å²) in [5, 5.41) is 21.4. The number of amidine groups is 1. The minimum Gasteiger partial charge on any atom is -0.478 e. The van der Waals surface area contributed by atoms with Crippen LogP contribution < -0.4 is 5.43 Å². The second kappa shape index (κ2) is 9.07. The van der Waals surface area contributed by atoms with Crippen LogP contribution in [0.3, 0.4) is 0 Å². The Labute approximate surface area is 172 Å². The third-order valence-corrected chi connectivity index (χ3v) is 4.77. The third-order valence-electron chi connectivity index (χ3n) is 3.86. The summed E-state index contributed by atoms with van der Waals surface area (Å²) in [7, 11) is -4.57. The largest absolute Gasteiger partial charge is 0.478 e. The van der Waals surface area contributed by atoms with Crippen molar-refractivity contribution in [3.8, 4) is 0 Å². The number of carbonyl (C=O) groups is 1. The predicted octanol–water partition coefficient (Wildman–Crippen LogP) is 4.19. The highest BCUT2D eigenvalue weighted by molar-refractivity contribution is 7.86. The Bertz CT molecular complexity index is 1220. The van der Waals surface area contributed by atoms with E-state index in [0.717, 1.165) is 0 Å². The minimum atomic E-state index is -4.57. The molecule has 10 heteroatoms. The van der Waals surface area contributed by atoms with Crippen LogP contribution >= 0.6 is 0 Å². The number of hydrogen-bond donors (Lipinski definition) is 3. The summed E-state index contributed by atoms with van der Waals surface area (Å²) in [4.78, 5) is 11.0. The van der Waals surface area contributed by atoms with Gasteiger partial charge in [0.2, 0.25) is 5.84 Å². The molecule has 0 fully saturated rings. The Morgan fingerprint density at radius 3 is 2.10 bits per heavy atom. The number of azo groups is 1. The van der Waals surface area contributed by atoms with Crippen molar-refractivity contribution in [1.29, 1.82) is 0 Å². The first kappa shape index (κ1) is 20.8. The highest BCUT2D eigenvalue weighted by atomic mass is 32.2. The van der Waals surface area contributed by atoms with Gasteiger partial charge in [-0.25, -0.2) is 4.79 Å². The van der Waals surface area contributed by atoms with Crippen LogP contribution in [0, 0.1) is 0 Å². The normalized spacial score (nSPS) is 12.1. The van der Waals surface area contributed by atoms with Crippen molar-refractivity contribution in [2.45, 2.75) is 4.90 Å². The molecule has 30 heavy (non-hydrogen) atoms. The fraction of sp³-hybridized carbons (Fsp3) is 0. The maximum Gasteiger partial charge on any atom is 0.337 e. The molecular formula is C20H16N4O5S. The highest BCUT2D eigenvalue weighted by Crippen LogP contribution is 2.20. The Morgan fingerprint density at radius 2 is 1.43 bits per heavy atom. The number of hydrogen-bond acceptors (Lipinski definition) is 6. The molecule has 0 amide bonds. The van der Waals surface area contributed by atoms with Crippen LogP contribution in [-0.2, 0) is 10.1 Å². The van der Waals surface area contributed by atoms with Gasteiger partial charge in [-0.2, -0.15) is 13.5 Å². The van der Waals surface area contributed by atoms with Crippen molar-refractivity contribution in [2.75, 3.05) is 5.43 Å².